The molecule has 5 heteroatoms. The summed E-state index contributed by atoms with van der Waals surface area (Å²) >= 11 is 7.21. The van der Waals surface area contributed by atoms with Crippen LogP contribution < -0.4 is 5.32 Å². The first kappa shape index (κ1) is 14.4. The molecule has 1 aromatic carbocycles. The molecule has 1 amide bonds. The van der Waals surface area contributed by atoms with E-state index in [0.29, 0.717) is 10.8 Å². The molecular formula is C12H16ClNO2S. The lowest BCUT2D eigenvalue weighted by atomic mass is 10.2. The van der Waals surface area contributed by atoms with E-state index in [4.69, 9.17) is 16.7 Å². The second-order valence-corrected chi connectivity index (χ2v) is 5.08. The Morgan fingerprint density at radius 2 is 2.12 bits per heavy atom. The molecule has 0 radical (unpaired) electrons. The maximum atomic E-state index is 11.5. The number of nitrogens with one attached hydrogen (secondary N) is 1. The van der Waals surface area contributed by atoms with Gasteiger partial charge in [-0.25, -0.2) is 0 Å². The predicted molar refractivity (Wildman–Crippen MR) is 71.5 cm³/mol. The monoisotopic (exact) mass is 273 g/mol. The largest absolute Gasteiger partial charge is 0.394 e. The van der Waals surface area contributed by atoms with Crippen molar-refractivity contribution >= 4 is 29.3 Å². The zero-order chi connectivity index (χ0) is 12.7. The molecule has 1 aromatic rings. The molecule has 0 fully saturated rings. The number of hydrogen-bond donors (Lipinski definition) is 2. The van der Waals surface area contributed by atoms with Gasteiger partial charge in [-0.2, -0.15) is 0 Å². The number of rotatable bonds is 6. The third-order valence-electron chi connectivity index (χ3n) is 2.26. The lowest BCUT2D eigenvalue weighted by Gasteiger charge is -2.13. The molecule has 1 atom stereocenters. The quantitative estimate of drug-likeness (QED) is 0.782. The second kappa shape index (κ2) is 7.58. The Morgan fingerprint density at radius 3 is 2.65 bits per heavy atom. The van der Waals surface area contributed by atoms with Crippen LogP contribution in [0.1, 0.15) is 13.3 Å². The van der Waals surface area contributed by atoms with Crippen molar-refractivity contribution in [3.63, 3.8) is 0 Å². The maximum absolute atomic E-state index is 11.5. The first-order valence-corrected chi connectivity index (χ1v) is 6.80. The molecule has 2 N–H and O–H groups in total. The van der Waals surface area contributed by atoms with E-state index in [0.717, 1.165) is 11.3 Å². The number of carbonyl (C=O) groups is 1. The molecule has 0 saturated carbocycles. The van der Waals surface area contributed by atoms with Crippen molar-refractivity contribution < 1.29 is 9.90 Å². The Hall–Kier alpha value is -0.710. The number of hydrogen-bond acceptors (Lipinski definition) is 3. The highest BCUT2D eigenvalue weighted by Crippen LogP contribution is 2.19. The number of carbonyl (C=O) groups excluding carboxylic acids is 1. The molecule has 0 aliphatic carbocycles. The molecule has 0 aliphatic rings. The molecule has 94 valence electrons. The van der Waals surface area contributed by atoms with E-state index in [2.05, 4.69) is 5.32 Å². The number of aliphatic hydroxyl groups excluding tert-OH is 1. The first-order valence-electron chi connectivity index (χ1n) is 5.44. The lowest BCUT2D eigenvalue weighted by molar-refractivity contribution is -0.119. The summed E-state index contributed by atoms with van der Waals surface area (Å²) in [6.45, 7) is 1.90. The van der Waals surface area contributed by atoms with Crippen LogP contribution in [0.2, 0.25) is 5.02 Å². The van der Waals surface area contributed by atoms with Gasteiger partial charge in [0.1, 0.15) is 0 Å². The molecule has 0 bridgehead atoms. The summed E-state index contributed by atoms with van der Waals surface area (Å²) < 4.78 is 0. The van der Waals surface area contributed by atoms with Crippen LogP contribution in [0, 0.1) is 0 Å². The molecule has 0 heterocycles. The average Bonchev–Trinajstić information content (AvgIpc) is 2.35. The Bertz CT molecular complexity index is 352. The molecule has 0 unspecified atom stereocenters. The van der Waals surface area contributed by atoms with Crippen molar-refractivity contribution in [2.24, 2.45) is 0 Å². The smallest absolute Gasteiger partial charge is 0.230 e. The Kier molecular flexibility index (Phi) is 6.40. The van der Waals surface area contributed by atoms with Crippen molar-refractivity contribution in [1.82, 2.24) is 5.32 Å². The minimum atomic E-state index is -0.145. The van der Waals surface area contributed by atoms with Crippen LogP contribution >= 0.6 is 23.4 Å². The summed E-state index contributed by atoms with van der Waals surface area (Å²) in [5, 5.41) is 12.4. The van der Waals surface area contributed by atoms with Crippen molar-refractivity contribution in [2.45, 2.75) is 24.3 Å². The van der Waals surface area contributed by atoms with Crippen LogP contribution in [0.25, 0.3) is 0 Å². The highest BCUT2D eigenvalue weighted by molar-refractivity contribution is 8.00. The Morgan fingerprint density at radius 1 is 1.47 bits per heavy atom. The Labute approximate surface area is 111 Å². The fourth-order valence-corrected chi connectivity index (χ4v) is 2.06. The van der Waals surface area contributed by atoms with Crippen molar-refractivity contribution in [2.75, 3.05) is 12.4 Å². The summed E-state index contributed by atoms with van der Waals surface area (Å²) in [5.41, 5.74) is 0. The second-order valence-electron chi connectivity index (χ2n) is 3.60. The van der Waals surface area contributed by atoms with Crippen LogP contribution in [-0.4, -0.2) is 29.4 Å². The molecule has 3 nitrogen and oxygen atoms in total. The molecule has 0 aromatic heterocycles. The van der Waals surface area contributed by atoms with Gasteiger partial charge in [0.2, 0.25) is 5.91 Å². The predicted octanol–water partition coefficient (Wildman–Crippen LogP) is 2.32. The minimum Gasteiger partial charge on any atom is -0.394 e. The summed E-state index contributed by atoms with van der Waals surface area (Å²) in [6, 6.07) is 7.20. The van der Waals surface area contributed by atoms with Crippen LogP contribution in [0.5, 0.6) is 0 Å². The van der Waals surface area contributed by atoms with Gasteiger partial charge in [0.25, 0.3) is 0 Å². The summed E-state index contributed by atoms with van der Waals surface area (Å²) in [6.07, 6.45) is 0.730. The minimum absolute atomic E-state index is 0.0200. The van der Waals surface area contributed by atoms with Gasteiger partial charge in [-0.05, 0) is 30.7 Å². The van der Waals surface area contributed by atoms with E-state index >= 15 is 0 Å². The number of amides is 1. The van der Waals surface area contributed by atoms with Crippen LogP contribution in [-0.2, 0) is 4.79 Å². The van der Waals surface area contributed by atoms with Gasteiger partial charge in [0, 0.05) is 9.92 Å². The molecule has 0 saturated heterocycles. The molecule has 0 spiro atoms. The van der Waals surface area contributed by atoms with Crippen LogP contribution in [0.3, 0.4) is 0 Å². The Balaban J connectivity index is 2.35. The highest BCUT2D eigenvalue weighted by Gasteiger charge is 2.09. The number of aliphatic hydroxyl groups is 1. The van der Waals surface area contributed by atoms with E-state index in [1.54, 1.807) is 12.1 Å². The van der Waals surface area contributed by atoms with Crippen LogP contribution in [0.15, 0.2) is 29.2 Å². The third kappa shape index (κ3) is 5.44. The third-order valence-corrected chi connectivity index (χ3v) is 3.53. The van der Waals surface area contributed by atoms with Gasteiger partial charge < -0.3 is 10.4 Å². The number of benzene rings is 1. The van der Waals surface area contributed by atoms with E-state index < -0.39 is 0 Å². The maximum Gasteiger partial charge on any atom is 0.230 e. The zero-order valence-corrected chi connectivity index (χ0v) is 11.2. The highest BCUT2D eigenvalue weighted by atomic mass is 35.5. The van der Waals surface area contributed by atoms with E-state index in [9.17, 15) is 4.79 Å². The number of thioether (sulfide) groups is 1. The molecular weight excluding hydrogens is 258 g/mol. The fourth-order valence-electron chi connectivity index (χ4n) is 1.23. The van der Waals surface area contributed by atoms with Gasteiger partial charge >= 0.3 is 0 Å². The van der Waals surface area contributed by atoms with E-state index in [1.165, 1.54) is 11.8 Å². The standard InChI is InChI=1S/C12H16ClNO2S/c1-2-10(7-15)14-12(16)8-17-11-5-3-9(13)4-6-11/h3-6,10,15H,2,7-8H2,1H3,(H,14,16)/t10-/m1/s1. The molecule has 0 aliphatic heterocycles. The van der Waals surface area contributed by atoms with E-state index in [-0.39, 0.29) is 18.6 Å². The lowest BCUT2D eigenvalue weighted by Crippen LogP contribution is -2.37. The zero-order valence-electron chi connectivity index (χ0n) is 9.65. The van der Waals surface area contributed by atoms with Gasteiger partial charge in [-0.15, -0.1) is 11.8 Å². The van der Waals surface area contributed by atoms with Crippen molar-refractivity contribution in [3.05, 3.63) is 29.3 Å². The van der Waals surface area contributed by atoms with E-state index in [1.807, 2.05) is 19.1 Å². The summed E-state index contributed by atoms with van der Waals surface area (Å²) in [5.74, 6) is 0.281. The normalized spacial score (nSPS) is 12.2. The van der Waals surface area contributed by atoms with Crippen molar-refractivity contribution in [3.8, 4) is 0 Å². The fraction of sp³-hybridized carbons (Fsp3) is 0.417. The topological polar surface area (TPSA) is 49.3 Å². The molecule has 17 heavy (non-hydrogen) atoms. The van der Waals surface area contributed by atoms with Crippen molar-refractivity contribution in [1.29, 1.82) is 0 Å². The van der Waals surface area contributed by atoms with Gasteiger partial charge in [-0.1, -0.05) is 18.5 Å². The average molecular weight is 274 g/mol. The first-order chi connectivity index (χ1) is 8.15. The summed E-state index contributed by atoms with van der Waals surface area (Å²) in [7, 11) is 0. The molecule has 1 rings (SSSR count). The summed E-state index contributed by atoms with van der Waals surface area (Å²) in [4.78, 5) is 12.5. The van der Waals surface area contributed by atoms with Crippen LogP contribution in [0.4, 0.5) is 0 Å². The van der Waals surface area contributed by atoms with Gasteiger partial charge in [-0.3, -0.25) is 4.79 Å². The van der Waals surface area contributed by atoms with Gasteiger partial charge in [0.15, 0.2) is 0 Å². The number of halogens is 1. The SMILES string of the molecule is CC[C@H](CO)NC(=O)CSc1ccc(Cl)cc1. The van der Waals surface area contributed by atoms with Gasteiger partial charge in [0.05, 0.1) is 18.4 Å².